The van der Waals surface area contributed by atoms with Crippen LogP contribution in [0, 0.1) is 6.92 Å². The number of rotatable bonds is 9. The number of carbonyl (C=O) groups is 1. The molecule has 0 aliphatic carbocycles. The number of hydrogen-bond acceptors (Lipinski definition) is 2. The van der Waals surface area contributed by atoms with Crippen molar-refractivity contribution in [3.8, 4) is 0 Å². The zero-order valence-corrected chi connectivity index (χ0v) is 16.4. The molecule has 0 bridgehead atoms. The van der Waals surface area contributed by atoms with Crippen LogP contribution in [-0.2, 0) is 13.0 Å². The predicted molar refractivity (Wildman–Crippen MR) is 111 cm³/mol. The highest BCUT2D eigenvalue weighted by Gasteiger charge is 2.11. The molecule has 0 spiro atoms. The van der Waals surface area contributed by atoms with Crippen molar-refractivity contribution in [1.82, 2.24) is 14.9 Å². The Morgan fingerprint density at radius 3 is 2.59 bits per heavy atom. The van der Waals surface area contributed by atoms with E-state index < -0.39 is 0 Å². The lowest BCUT2D eigenvalue weighted by molar-refractivity contribution is 0.0954. The molecule has 27 heavy (non-hydrogen) atoms. The van der Waals surface area contributed by atoms with Crippen LogP contribution in [0.25, 0.3) is 11.0 Å². The molecule has 0 aliphatic rings. The topological polar surface area (TPSA) is 46.9 Å². The maximum absolute atomic E-state index is 12.3. The molecule has 0 fully saturated rings. The van der Waals surface area contributed by atoms with E-state index in [1.54, 1.807) is 0 Å². The lowest BCUT2D eigenvalue weighted by atomic mass is 10.1. The van der Waals surface area contributed by atoms with Crippen molar-refractivity contribution in [1.29, 1.82) is 0 Å². The number of hydrogen-bond donors (Lipinski definition) is 1. The summed E-state index contributed by atoms with van der Waals surface area (Å²) in [5, 5.41) is 3.02. The highest BCUT2D eigenvalue weighted by Crippen LogP contribution is 2.18. The van der Waals surface area contributed by atoms with Crippen molar-refractivity contribution in [3.63, 3.8) is 0 Å². The second kappa shape index (κ2) is 9.36. The standard InChI is InChI=1S/C23H29N3O/c1-3-4-5-8-17-26-21-10-7-6-9-20(21)25-22(26)15-16-24-23(27)19-13-11-18(2)12-14-19/h6-7,9-14H,3-5,8,15-17H2,1-2H3,(H,24,27). The summed E-state index contributed by atoms with van der Waals surface area (Å²) in [6.07, 6.45) is 5.65. The van der Waals surface area contributed by atoms with Gasteiger partial charge in [0, 0.05) is 25.1 Å². The smallest absolute Gasteiger partial charge is 0.251 e. The van der Waals surface area contributed by atoms with Crippen LogP contribution < -0.4 is 5.32 Å². The highest BCUT2D eigenvalue weighted by molar-refractivity contribution is 5.94. The Morgan fingerprint density at radius 1 is 1.04 bits per heavy atom. The van der Waals surface area contributed by atoms with E-state index in [-0.39, 0.29) is 5.91 Å². The van der Waals surface area contributed by atoms with Gasteiger partial charge in [0.05, 0.1) is 11.0 Å². The SMILES string of the molecule is CCCCCCn1c(CCNC(=O)c2ccc(C)cc2)nc2ccccc21. The van der Waals surface area contributed by atoms with E-state index in [1.807, 2.05) is 37.3 Å². The molecular formula is C23H29N3O. The number of nitrogens with zero attached hydrogens (tertiary/aromatic N) is 2. The summed E-state index contributed by atoms with van der Waals surface area (Å²) in [6, 6.07) is 16.0. The van der Waals surface area contributed by atoms with Gasteiger partial charge in [-0.05, 0) is 37.6 Å². The fourth-order valence-corrected chi connectivity index (χ4v) is 3.36. The molecule has 0 saturated heterocycles. The minimum atomic E-state index is -0.0272. The molecule has 1 aromatic heterocycles. The largest absolute Gasteiger partial charge is 0.352 e. The van der Waals surface area contributed by atoms with Crippen molar-refractivity contribution >= 4 is 16.9 Å². The molecule has 1 heterocycles. The molecule has 0 unspecified atom stereocenters. The van der Waals surface area contributed by atoms with E-state index in [0.717, 1.165) is 36.3 Å². The molecule has 142 valence electrons. The number of imidazole rings is 1. The summed E-state index contributed by atoms with van der Waals surface area (Å²) in [4.78, 5) is 17.1. The molecule has 0 radical (unpaired) electrons. The van der Waals surface area contributed by atoms with E-state index in [2.05, 4.69) is 35.0 Å². The number of fused-ring (bicyclic) bond motifs is 1. The van der Waals surface area contributed by atoms with E-state index in [1.165, 1.54) is 24.8 Å². The molecule has 4 heteroatoms. The van der Waals surface area contributed by atoms with E-state index in [4.69, 9.17) is 4.98 Å². The molecule has 1 amide bonds. The molecule has 3 rings (SSSR count). The van der Waals surface area contributed by atoms with Gasteiger partial charge in [0.15, 0.2) is 0 Å². The molecule has 0 atom stereocenters. The van der Waals surface area contributed by atoms with Crippen molar-refractivity contribution in [2.24, 2.45) is 0 Å². The Kier molecular flexibility index (Phi) is 6.64. The Balaban J connectivity index is 1.64. The van der Waals surface area contributed by atoms with Gasteiger partial charge < -0.3 is 9.88 Å². The zero-order valence-electron chi connectivity index (χ0n) is 16.4. The summed E-state index contributed by atoms with van der Waals surface area (Å²) in [5.41, 5.74) is 4.08. The van der Waals surface area contributed by atoms with Crippen molar-refractivity contribution in [3.05, 3.63) is 65.5 Å². The van der Waals surface area contributed by atoms with Gasteiger partial charge in [0.25, 0.3) is 5.91 Å². The first-order chi connectivity index (χ1) is 13.2. The highest BCUT2D eigenvalue weighted by atomic mass is 16.1. The van der Waals surface area contributed by atoms with Gasteiger partial charge in [0.2, 0.25) is 0 Å². The third kappa shape index (κ3) is 4.97. The molecule has 0 saturated carbocycles. The van der Waals surface area contributed by atoms with E-state index in [9.17, 15) is 4.79 Å². The third-order valence-corrected chi connectivity index (χ3v) is 4.92. The predicted octanol–water partition coefficient (Wildman–Crippen LogP) is 4.90. The van der Waals surface area contributed by atoms with Crippen LogP contribution in [0.15, 0.2) is 48.5 Å². The number of para-hydroxylation sites is 2. The average Bonchev–Trinajstić information content (AvgIpc) is 3.03. The van der Waals surface area contributed by atoms with E-state index >= 15 is 0 Å². The van der Waals surface area contributed by atoms with Crippen LogP contribution >= 0.6 is 0 Å². The van der Waals surface area contributed by atoms with Crippen LogP contribution in [0.3, 0.4) is 0 Å². The van der Waals surface area contributed by atoms with Crippen LogP contribution in [0.2, 0.25) is 0 Å². The third-order valence-electron chi connectivity index (χ3n) is 4.92. The second-order valence-electron chi connectivity index (χ2n) is 7.10. The van der Waals surface area contributed by atoms with Gasteiger partial charge in [-0.1, -0.05) is 56.0 Å². The van der Waals surface area contributed by atoms with Gasteiger partial charge in [-0.2, -0.15) is 0 Å². The average molecular weight is 364 g/mol. The van der Waals surface area contributed by atoms with Crippen molar-refractivity contribution in [2.45, 2.75) is 52.5 Å². The van der Waals surface area contributed by atoms with Gasteiger partial charge in [0.1, 0.15) is 5.82 Å². The summed E-state index contributed by atoms with van der Waals surface area (Å²) in [5.74, 6) is 1.03. The van der Waals surface area contributed by atoms with Crippen LogP contribution in [0.5, 0.6) is 0 Å². The van der Waals surface area contributed by atoms with Crippen LogP contribution in [0.4, 0.5) is 0 Å². The maximum Gasteiger partial charge on any atom is 0.251 e. The van der Waals surface area contributed by atoms with Crippen LogP contribution in [-0.4, -0.2) is 22.0 Å². The number of unbranched alkanes of at least 4 members (excludes halogenated alkanes) is 3. The first-order valence-electron chi connectivity index (χ1n) is 9.98. The Bertz CT molecular complexity index is 880. The fraction of sp³-hybridized carbons (Fsp3) is 0.391. The lowest BCUT2D eigenvalue weighted by Crippen LogP contribution is -2.26. The Morgan fingerprint density at radius 2 is 1.81 bits per heavy atom. The molecule has 4 nitrogen and oxygen atoms in total. The van der Waals surface area contributed by atoms with Gasteiger partial charge in [-0.15, -0.1) is 0 Å². The minimum Gasteiger partial charge on any atom is -0.352 e. The zero-order chi connectivity index (χ0) is 19.1. The maximum atomic E-state index is 12.3. The molecular weight excluding hydrogens is 334 g/mol. The first kappa shape index (κ1) is 19.2. The summed E-state index contributed by atoms with van der Waals surface area (Å²) in [7, 11) is 0. The lowest BCUT2D eigenvalue weighted by Gasteiger charge is -2.10. The Labute approximate surface area is 161 Å². The number of aromatic nitrogens is 2. The van der Waals surface area contributed by atoms with Gasteiger partial charge in [-0.25, -0.2) is 4.98 Å². The number of aryl methyl sites for hydroxylation is 2. The fourth-order valence-electron chi connectivity index (χ4n) is 3.36. The normalized spacial score (nSPS) is 11.0. The summed E-state index contributed by atoms with van der Waals surface area (Å²) >= 11 is 0. The Hall–Kier alpha value is -2.62. The molecule has 1 N–H and O–H groups in total. The van der Waals surface area contributed by atoms with E-state index in [0.29, 0.717) is 12.1 Å². The van der Waals surface area contributed by atoms with Gasteiger partial charge in [-0.3, -0.25) is 4.79 Å². The number of carbonyl (C=O) groups excluding carboxylic acids is 1. The molecule has 0 aliphatic heterocycles. The molecule has 3 aromatic rings. The minimum absolute atomic E-state index is 0.0272. The number of amides is 1. The quantitative estimate of drug-likeness (QED) is 0.550. The summed E-state index contributed by atoms with van der Waals surface area (Å²) in [6.45, 7) is 5.83. The molecule has 2 aromatic carbocycles. The monoisotopic (exact) mass is 363 g/mol. The van der Waals surface area contributed by atoms with Crippen molar-refractivity contribution < 1.29 is 4.79 Å². The first-order valence-corrected chi connectivity index (χ1v) is 9.98. The van der Waals surface area contributed by atoms with Gasteiger partial charge >= 0.3 is 0 Å². The number of benzene rings is 2. The second-order valence-corrected chi connectivity index (χ2v) is 7.10. The van der Waals surface area contributed by atoms with Crippen LogP contribution in [0.1, 0.15) is 54.4 Å². The van der Waals surface area contributed by atoms with Crippen molar-refractivity contribution in [2.75, 3.05) is 6.54 Å². The number of nitrogens with one attached hydrogen (secondary N) is 1. The summed E-state index contributed by atoms with van der Waals surface area (Å²) < 4.78 is 2.32.